The number of rotatable bonds is 4. The van der Waals surface area contributed by atoms with Crippen LogP contribution in [0.15, 0.2) is 24.3 Å². The summed E-state index contributed by atoms with van der Waals surface area (Å²) in [4.78, 5) is 24.3. The number of carbonyl (C=O) groups is 2. The molecule has 2 N–H and O–H groups in total. The van der Waals surface area contributed by atoms with Crippen molar-refractivity contribution in [2.75, 3.05) is 0 Å². The molecule has 1 aliphatic rings. The van der Waals surface area contributed by atoms with E-state index in [4.69, 9.17) is 0 Å². The normalized spacial score (nSPS) is 17.7. The molecule has 1 fully saturated rings. The Kier molecular flexibility index (Phi) is 3.58. The predicted molar refractivity (Wildman–Crippen MR) is 77.5 cm³/mol. The third-order valence-electron chi connectivity index (χ3n) is 3.26. The van der Waals surface area contributed by atoms with Gasteiger partial charge in [0.05, 0.1) is 6.54 Å². The number of nitrogens with zero attached hydrogens (tertiary/aromatic N) is 4. The average molecular weight is 300 g/mol. The van der Waals surface area contributed by atoms with Crippen LogP contribution in [0.1, 0.15) is 25.5 Å². The lowest BCUT2D eigenvalue weighted by molar-refractivity contribution is -0.120. The minimum Gasteiger partial charge on any atom is -0.322 e. The highest BCUT2D eigenvalue weighted by molar-refractivity contribution is 6.04. The van der Waals surface area contributed by atoms with Crippen LogP contribution in [0.2, 0.25) is 0 Å². The number of nitrogens with one attached hydrogen (secondary N) is 2. The van der Waals surface area contributed by atoms with Crippen LogP contribution >= 0.6 is 0 Å². The molecule has 1 aliphatic heterocycles. The van der Waals surface area contributed by atoms with Crippen LogP contribution in [0.25, 0.3) is 11.4 Å². The third kappa shape index (κ3) is 2.80. The molecule has 1 atom stereocenters. The molecule has 114 valence electrons. The van der Waals surface area contributed by atoms with Crippen molar-refractivity contribution in [3.63, 3.8) is 0 Å². The highest BCUT2D eigenvalue weighted by atomic mass is 16.2. The predicted octanol–water partition coefficient (Wildman–Crippen LogP) is 0.877. The summed E-state index contributed by atoms with van der Waals surface area (Å²) < 4.78 is 0. The van der Waals surface area contributed by atoms with Crippen molar-refractivity contribution in [2.45, 2.75) is 26.4 Å². The van der Waals surface area contributed by atoms with Crippen LogP contribution in [0, 0.1) is 5.92 Å². The second-order valence-electron chi connectivity index (χ2n) is 5.58. The Labute approximate surface area is 126 Å². The lowest BCUT2D eigenvalue weighted by Crippen LogP contribution is -2.22. The zero-order valence-electron chi connectivity index (χ0n) is 12.3. The Balaban J connectivity index is 1.78. The van der Waals surface area contributed by atoms with Gasteiger partial charge in [-0.05, 0) is 16.7 Å². The van der Waals surface area contributed by atoms with Crippen molar-refractivity contribution in [3.05, 3.63) is 29.8 Å². The summed E-state index contributed by atoms with van der Waals surface area (Å²) in [6.45, 7) is 4.87. The second kappa shape index (κ2) is 5.55. The molecule has 0 bridgehead atoms. The first-order chi connectivity index (χ1) is 10.5. The minimum atomic E-state index is -0.647. The van der Waals surface area contributed by atoms with E-state index in [0.717, 1.165) is 5.56 Å². The summed E-state index contributed by atoms with van der Waals surface area (Å²) in [5, 5.41) is 17.1. The quantitative estimate of drug-likeness (QED) is 0.816. The van der Waals surface area contributed by atoms with E-state index in [1.54, 1.807) is 16.9 Å². The minimum absolute atomic E-state index is 0.348. The van der Waals surface area contributed by atoms with Crippen LogP contribution in [0.3, 0.4) is 0 Å². The lowest BCUT2D eigenvalue weighted by atomic mass is 10.0. The number of urea groups is 1. The summed E-state index contributed by atoms with van der Waals surface area (Å²) in [6.07, 6.45) is 0. The van der Waals surface area contributed by atoms with Crippen LogP contribution < -0.4 is 10.6 Å². The standard InChI is InChI=1S/C14H16N6O2/c1-8(2)7-20-18-12(17-19-20)10-5-3-9(4-6-10)11-13(21)16-14(22)15-11/h3-6,8,11H,7H2,1-2H3,(H2,15,16,21,22). The molecule has 2 aromatic rings. The molecule has 8 nitrogen and oxygen atoms in total. The van der Waals surface area contributed by atoms with E-state index in [0.29, 0.717) is 23.9 Å². The zero-order chi connectivity index (χ0) is 15.7. The Bertz CT molecular complexity index is 706. The Morgan fingerprint density at radius 2 is 1.95 bits per heavy atom. The molecule has 22 heavy (non-hydrogen) atoms. The Morgan fingerprint density at radius 3 is 2.55 bits per heavy atom. The van der Waals surface area contributed by atoms with Crippen molar-refractivity contribution >= 4 is 11.9 Å². The summed E-state index contributed by atoms with van der Waals surface area (Å²) in [5.74, 6) is 0.625. The fraction of sp³-hybridized carbons (Fsp3) is 0.357. The molecule has 1 saturated heterocycles. The number of carbonyl (C=O) groups excluding carboxylic acids is 2. The van der Waals surface area contributed by atoms with Crippen LogP contribution in [0.5, 0.6) is 0 Å². The van der Waals surface area contributed by atoms with Gasteiger partial charge in [0, 0.05) is 5.56 Å². The van der Waals surface area contributed by atoms with Crippen molar-refractivity contribution in [3.8, 4) is 11.4 Å². The number of amides is 3. The number of hydrogen-bond donors (Lipinski definition) is 2. The summed E-state index contributed by atoms with van der Waals surface area (Å²) in [6, 6.07) is 6.04. The van der Waals surface area contributed by atoms with Gasteiger partial charge < -0.3 is 5.32 Å². The van der Waals surface area contributed by atoms with E-state index in [9.17, 15) is 9.59 Å². The highest BCUT2D eigenvalue weighted by Crippen LogP contribution is 2.20. The molecule has 2 heterocycles. The Hall–Kier alpha value is -2.77. The molecular formula is C14H16N6O2. The fourth-order valence-corrected chi connectivity index (χ4v) is 2.24. The molecule has 3 amide bonds. The van der Waals surface area contributed by atoms with Crippen molar-refractivity contribution in [2.24, 2.45) is 5.92 Å². The van der Waals surface area contributed by atoms with Crippen LogP contribution in [0.4, 0.5) is 4.79 Å². The monoisotopic (exact) mass is 300 g/mol. The van der Waals surface area contributed by atoms with Gasteiger partial charge in [0.25, 0.3) is 5.91 Å². The van der Waals surface area contributed by atoms with Gasteiger partial charge in [-0.25, -0.2) is 4.79 Å². The Morgan fingerprint density at radius 1 is 1.23 bits per heavy atom. The van der Waals surface area contributed by atoms with Crippen molar-refractivity contribution < 1.29 is 9.59 Å². The topological polar surface area (TPSA) is 102 Å². The fourth-order valence-electron chi connectivity index (χ4n) is 2.24. The largest absolute Gasteiger partial charge is 0.322 e. The van der Waals surface area contributed by atoms with Gasteiger partial charge in [-0.1, -0.05) is 38.1 Å². The van der Waals surface area contributed by atoms with Crippen molar-refractivity contribution in [1.82, 2.24) is 30.8 Å². The molecule has 1 aromatic heterocycles. The zero-order valence-corrected chi connectivity index (χ0v) is 12.3. The first-order valence-corrected chi connectivity index (χ1v) is 7.02. The second-order valence-corrected chi connectivity index (χ2v) is 5.58. The van der Waals surface area contributed by atoms with E-state index in [2.05, 4.69) is 39.9 Å². The molecule has 1 aromatic carbocycles. The van der Waals surface area contributed by atoms with Crippen LogP contribution in [-0.4, -0.2) is 32.1 Å². The van der Waals surface area contributed by atoms with Gasteiger partial charge in [0.1, 0.15) is 6.04 Å². The SMILES string of the molecule is CC(C)Cn1nnc(-c2ccc(C3NC(=O)NC3=O)cc2)n1. The lowest BCUT2D eigenvalue weighted by Gasteiger charge is -2.07. The molecule has 0 radical (unpaired) electrons. The molecule has 8 heteroatoms. The molecule has 0 spiro atoms. The maximum atomic E-state index is 11.6. The number of imide groups is 1. The number of hydrogen-bond acceptors (Lipinski definition) is 5. The maximum Gasteiger partial charge on any atom is 0.322 e. The van der Waals surface area contributed by atoms with Gasteiger partial charge in [0.2, 0.25) is 5.82 Å². The van der Waals surface area contributed by atoms with Gasteiger partial charge >= 0.3 is 6.03 Å². The molecular weight excluding hydrogens is 284 g/mol. The van der Waals surface area contributed by atoms with Crippen molar-refractivity contribution in [1.29, 1.82) is 0 Å². The first kappa shape index (κ1) is 14.2. The van der Waals surface area contributed by atoms with Gasteiger partial charge in [-0.3, -0.25) is 10.1 Å². The summed E-state index contributed by atoms with van der Waals surface area (Å²) in [5.41, 5.74) is 1.52. The third-order valence-corrected chi connectivity index (χ3v) is 3.26. The van der Waals surface area contributed by atoms with E-state index >= 15 is 0 Å². The van der Waals surface area contributed by atoms with Crippen LogP contribution in [-0.2, 0) is 11.3 Å². The van der Waals surface area contributed by atoms with Gasteiger partial charge in [-0.15, -0.1) is 10.2 Å². The average Bonchev–Trinajstić information content (AvgIpc) is 3.05. The van der Waals surface area contributed by atoms with Gasteiger partial charge in [-0.2, -0.15) is 4.80 Å². The number of benzene rings is 1. The smallest absolute Gasteiger partial charge is 0.322 e. The maximum absolute atomic E-state index is 11.6. The molecule has 1 unspecified atom stereocenters. The summed E-state index contributed by atoms with van der Waals surface area (Å²) in [7, 11) is 0. The number of tetrazole rings is 1. The number of aromatic nitrogens is 4. The molecule has 3 rings (SSSR count). The highest BCUT2D eigenvalue weighted by Gasteiger charge is 2.30. The van der Waals surface area contributed by atoms with Gasteiger partial charge in [0.15, 0.2) is 0 Å². The van der Waals surface area contributed by atoms with E-state index < -0.39 is 12.1 Å². The first-order valence-electron chi connectivity index (χ1n) is 7.02. The molecule has 0 aliphatic carbocycles. The molecule has 0 saturated carbocycles. The van der Waals surface area contributed by atoms with E-state index in [1.807, 2.05) is 12.1 Å². The summed E-state index contributed by atoms with van der Waals surface area (Å²) >= 11 is 0. The van der Waals surface area contributed by atoms with E-state index in [1.165, 1.54) is 0 Å². The van der Waals surface area contributed by atoms with E-state index in [-0.39, 0.29) is 5.91 Å².